The Hall–Kier alpha value is -1.80. The predicted molar refractivity (Wildman–Crippen MR) is 70.2 cm³/mol. The lowest BCUT2D eigenvalue weighted by molar-refractivity contribution is -0.109. The molecule has 1 heterocycles. The number of esters is 1. The van der Waals surface area contributed by atoms with Gasteiger partial charge in [0, 0.05) is 25.3 Å². The van der Waals surface area contributed by atoms with Gasteiger partial charge >= 0.3 is 5.97 Å². The molecule has 0 aliphatic heterocycles. The number of methoxy groups -OCH3 is 1. The quantitative estimate of drug-likeness (QED) is 0.473. The molecule has 0 aromatic carbocycles. The molecule has 0 radical (unpaired) electrons. The number of nitrogens with zero attached hydrogens (tertiary/aromatic N) is 1. The number of hydrogen-bond acceptors (Lipinski definition) is 5. The number of ether oxygens (including phenoxy) is 1. The van der Waals surface area contributed by atoms with Crippen molar-refractivity contribution in [2.75, 3.05) is 12.9 Å². The van der Waals surface area contributed by atoms with Gasteiger partial charge in [-0.1, -0.05) is 23.6 Å². The van der Waals surface area contributed by atoms with Gasteiger partial charge in [0.25, 0.3) is 0 Å². The average Bonchev–Trinajstić information content (AvgIpc) is 2.37. The highest BCUT2D eigenvalue weighted by Crippen LogP contribution is 2.06. The summed E-state index contributed by atoms with van der Waals surface area (Å²) in [6.07, 6.45) is 2.10. The maximum atomic E-state index is 11.4. The van der Waals surface area contributed by atoms with Gasteiger partial charge in [-0.3, -0.25) is 4.79 Å². The van der Waals surface area contributed by atoms with E-state index in [9.17, 15) is 9.59 Å². The Morgan fingerprint density at radius 1 is 1.50 bits per heavy atom. The molecule has 1 aromatic heterocycles. The second kappa shape index (κ2) is 7.51. The summed E-state index contributed by atoms with van der Waals surface area (Å²) in [5.74, 6) is 5.92. The van der Waals surface area contributed by atoms with Crippen LogP contribution in [0.1, 0.15) is 29.4 Å². The third-order valence-electron chi connectivity index (χ3n) is 1.94. The van der Waals surface area contributed by atoms with E-state index in [1.165, 1.54) is 32.0 Å². The normalized spacial score (nSPS) is 9.22. The molecule has 0 unspecified atom stereocenters. The van der Waals surface area contributed by atoms with E-state index in [2.05, 4.69) is 21.6 Å². The number of thioether (sulfide) groups is 1. The fourth-order valence-electron chi connectivity index (χ4n) is 1.17. The van der Waals surface area contributed by atoms with E-state index in [0.29, 0.717) is 17.7 Å². The average molecular weight is 263 g/mol. The summed E-state index contributed by atoms with van der Waals surface area (Å²) < 4.78 is 4.62. The van der Waals surface area contributed by atoms with Crippen molar-refractivity contribution in [2.24, 2.45) is 0 Å². The van der Waals surface area contributed by atoms with Crippen LogP contribution in [0.3, 0.4) is 0 Å². The van der Waals surface area contributed by atoms with E-state index < -0.39 is 5.97 Å². The van der Waals surface area contributed by atoms with Crippen molar-refractivity contribution in [1.82, 2.24) is 4.98 Å². The van der Waals surface area contributed by atoms with Gasteiger partial charge < -0.3 is 4.74 Å². The zero-order valence-corrected chi connectivity index (χ0v) is 11.0. The molecule has 94 valence electrons. The Balaban J connectivity index is 2.70. The Kier molecular flexibility index (Phi) is 5.95. The molecular formula is C13H13NO3S. The maximum Gasteiger partial charge on any atom is 0.357 e. The molecule has 0 saturated carbocycles. The Bertz CT molecular complexity index is 502. The monoisotopic (exact) mass is 263 g/mol. The highest BCUT2D eigenvalue weighted by atomic mass is 32.2. The van der Waals surface area contributed by atoms with Crippen molar-refractivity contribution < 1.29 is 14.3 Å². The largest absolute Gasteiger partial charge is 0.464 e. The van der Waals surface area contributed by atoms with Crippen molar-refractivity contribution in [2.45, 2.75) is 13.3 Å². The molecule has 4 nitrogen and oxygen atoms in total. The topological polar surface area (TPSA) is 56.3 Å². The first-order valence-corrected chi connectivity index (χ1v) is 6.29. The summed E-state index contributed by atoms with van der Waals surface area (Å²) >= 11 is 1.23. The van der Waals surface area contributed by atoms with Crippen LogP contribution in [0, 0.1) is 11.8 Å². The van der Waals surface area contributed by atoms with E-state index >= 15 is 0 Å². The van der Waals surface area contributed by atoms with E-state index in [1.54, 1.807) is 12.1 Å². The van der Waals surface area contributed by atoms with Gasteiger partial charge in [0.15, 0.2) is 10.8 Å². The van der Waals surface area contributed by atoms with E-state index in [-0.39, 0.29) is 10.8 Å². The second-order valence-electron chi connectivity index (χ2n) is 3.28. The maximum absolute atomic E-state index is 11.4. The molecule has 0 fully saturated rings. The molecule has 0 N–H and O–H groups in total. The second-order valence-corrected chi connectivity index (χ2v) is 4.55. The fourth-order valence-corrected chi connectivity index (χ4v) is 1.66. The van der Waals surface area contributed by atoms with E-state index in [1.807, 2.05) is 0 Å². The zero-order valence-electron chi connectivity index (χ0n) is 10.2. The number of carbonyl (C=O) groups is 2. The first-order chi connectivity index (χ1) is 8.65. The van der Waals surface area contributed by atoms with Crippen LogP contribution in [0.2, 0.25) is 0 Å². The number of aromatic nitrogens is 1. The van der Waals surface area contributed by atoms with Gasteiger partial charge in [-0.2, -0.15) is 0 Å². The van der Waals surface area contributed by atoms with Gasteiger partial charge in [-0.05, 0) is 12.1 Å². The standard InChI is InChI=1S/C13H13NO3S/c1-10(15)18-9-4-3-6-11-7-5-8-14-12(11)13(16)17-2/h5,7-8H,4,9H2,1-2H3. The first kappa shape index (κ1) is 14.3. The molecule has 0 amide bonds. The summed E-state index contributed by atoms with van der Waals surface area (Å²) in [5.41, 5.74) is 0.754. The molecular weight excluding hydrogens is 250 g/mol. The van der Waals surface area contributed by atoms with Crippen LogP contribution < -0.4 is 0 Å². The van der Waals surface area contributed by atoms with Crippen molar-refractivity contribution >= 4 is 22.8 Å². The smallest absolute Gasteiger partial charge is 0.357 e. The van der Waals surface area contributed by atoms with Gasteiger partial charge in [0.05, 0.1) is 12.7 Å². The number of carbonyl (C=O) groups excluding carboxylic acids is 2. The molecule has 0 saturated heterocycles. The van der Waals surface area contributed by atoms with Crippen molar-refractivity contribution in [3.63, 3.8) is 0 Å². The van der Waals surface area contributed by atoms with Crippen molar-refractivity contribution in [3.8, 4) is 11.8 Å². The van der Waals surface area contributed by atoms with Gasteiger partial charge in [0.1, 0.15) is 0 Å². The van der Waals surface area contributed by atoms with Crippen LogP contribution in [0.25, 0.3) is 0 Å². The minimum atomic E-state index is -0.502. The highest BCUT2D eigenvalue weighted by molar-refractivity contribution is 8.13. The fraction of sp³-hybridized carbons (Fsp3) is 0.308. The van der Waals surface area contributed by atoms with Crippen LogP contribution in [-0.4, -0.2) is 28.9 Å². The number of hydrogen-bond donors (Lipinski definition) is 0. The molecule has 5 heteroatoms. The van der Waals surface area contributed by atoms with Crippen LogP contribution >= 0.6 is 11.8 Å². The van der Waals surface area contributed by atoms with Crippen LogP contribution in [0.4, 0.5) is 0 Å². The van der Waals surface area contributed by atoms with Gasteiger partial charge in [-0.25, -0.2) is 9.78 Å². The summed E-state index contributed by atoms with van der Waals surface area (Å²) in [5, 5.41) is 0.0772. The Labute approximate surface area is 110 Å². The zero-order chi connectivity index (χ0) is 13.4. The number of rotatable bonds is 3. The third kappa shape index (κ3) is 4.60. The molecule has 0 bridgehead atoms. The minimum Gasteiger partial charge on any atom is -0.464 e. The molecule has 0 aliphatic rings. The predicted octanol–water partition coefficient (Wildman–Crippen LogP) is 1.89. The summed E-state index contributed by atoms with van der Waals surface area (Å²) in [7, 11) is 1.30. The van der Waals surface area contributed by atoms with Crippen molar-refractivity contribution in [1.29, 1.82) is 0 Å². The van der Waals surface area contributed by atoms with Crippen LogP contribution in [0.15, 0.2) is 18.3 Å². The molecule has 0 aliphatic carbocycles. The van der Waals surface area contributed by atoms with Gasteiger partial charge in [0.2, 0.25) is 0 Å². The molecule has 18 heavy (non-hydrogen) atoms. The summed E-state index contributed by atoms with van der Waals surface area (Å²) in [6, 6.07) is 3.42. The molecule has 0 atom stereocenters. The van der Waals surface area contributed by atoms with E-state index in [4.69, 9.17) is 0 Å². The summed E-state index contributed by atoms with van der Waals surface area (Å²) in [6.45, 7) is 1.52. The van der Waals surface area contributed by atoms with Crippen molar-refractivity contribution in [3.05, 3.63) is 29.6 Å². The highest BCUT2D eigenvalue weighted by Gasteiger charge is 2.10. The van der Waals surface area contributed by atoms with Gasteiger partial charge in [-0.15, -0.1) is 0 Å². The molecule has 1 aromatic rings. The SMILES string of the molecule is COC(=O)c1ncccc1C#CCCSC(C)=O. The van der Waals surface area contributed by atoms with E-state index in [0.717, 1.165) is 0 Å². The first-order valence-electron chi connectivity index (χ1n) is 5.30. The third-order valence-corrected chi connectivity index (χ3v) is 2.76. The minimum absolute atomic E-state index is 0.0772. The molecule has 0 spiro atoms. The Morgan fingerprint density at radius 2 is 2.28 bits per heavy atom. The Morgan fingerprint density at radius 3 is 2.94 bits per heavy atom. The lowest BCUT2D eigenvalue weighted by atomic mass is 10.2. The number of pyridine rings is 1. The lowest BCUT2D eigenvalue weighted by Crippen LogP contribution is -2.06. The summed E-state index contributed by atoms with van der Waals surface area (Å²) in [4.78, 5) is 26.1. The van der Waals surface area contributed by atoms with Crippen LogP contribution in [0.5, 0.6) is 0 Å². The lowest BCUT2D eigenvalue weighted by Gasteiger charge is -1.99. The molecule has 1 rings (SSSR count). The van der Waals surface area contributed by atoms with Crippen LogP contribution in [-0.2, 0) is 9.53 Å².